The first-order valence-corrected chi connectivity index (χ1v) is 8.49. The second kappa shape index (κ2) is 8.55. The predicted octanol–water partition coefficient (Wildman–Crippen LogP) is 2.27. The largest absolute Gasteiger partial charge is 0.377 e. The van der Waals surface area contributed by atoms with Gasteiger partial charge in [-0.25, -0.2) is 0 Å². The Morgan fingerprint density at radius 2 is 2.08 bits per heavy atom. The summed E-state index contributed by atoms with van der Waals surface area (Å²) in [5, 5.41) is 0. The molecule has 5 heteroatoms. The minimum atomic E-state index is 0.129. The Bertz CT molecular complexity index is 634. The quantitative estimate of drug-likeness (QED) is 0.817. The molecule has 0 aliphatic carbocycles. The molecule has 1 aliphatic heterocycles. The topological polar surface area (TPSA) is 55.3 Å². The number of benzene rings is 1. The second-order valence-electron chi connectivity index (χ2n) is 6.04. The van der Waals surface area contributed by atoms with Crippen molar-refractivity contribution in [3.05, 3.63) is 60.2 Å². The van der Waals surface area contributed by atoms with Crippen LogP contribution in [0.5, 0.6) is 0 Å². The van der Waals surface area contributed by atoms with E-state index in [4.69, 9.17) is 4.74 Å². The molecule has 1 aliphatic rings. The van der Waals surface area contributed by atoms with Crippen LogP contribution >= 0.6 is 0 Å². The van der Waals surface area contributed by atoms with Crippen LogP contribution < -0.4 is 0 Å². The molecule has 1 fully saturated rings. The van der Waals surface area contributed by atoms with Gasteiger partial charge in [0.25, 0.3) is 0 Å². The van der Waals surface area contributed by atoms with E-state index >= 15 is 0 Å². The third-order valence-electron chi connectivity index (χ3n) is 4.37. The number of hydrogen-bond donors (Lipinski definition) is 0. The van der Waals surface area contributed by atoms with Gasteiger partial charge in [0.15, 0.2) is 0 Å². The van der Waals surface area contributed by atoms with Crippen LogP contribution in [0.2, 0.25) is 0 Å². The lowest BCUT2D eigenvalue weighted by atomic mass is 10.1. The Balaban J connectivity index is 1.54. The molecular weight excluding hydrogens is 302 g/mol. The van der Waals surface area contributed by atoms with Gasteiger partial charge in [-0.2, -0.15) is 0 Å². The molecule has 0 N–H and O–H groups in total. The number of carbonyl (C=O) groups excluding carboxylic acids is 1. The molecule has 5 nitrogen and oxygen atoms in total. The lowest BCUT2D eigenvalue weighted by Crippen LogP contribution is -2.49. The molecular formula is C19H23N3O2. The van der Waals surface area contributed by atoms with Gasteiger partial charge in [0.1, 0.15) is 0 Å². The van der Waals surface area contributed by atoms with Crippen LogP contribution in [0.3, 0.4) is 0 Å². The Kier molecular flexibility index (Phi) is 5.90. The van der Waals surface area contributed by atoms with Crippen molar-refractivity contribution in [1.29, 1.82) is 0 Å². The Hall–Kier alpha value is -2.27. The molecule has 2 aromatic rings. The van der Waals surface area contributed by atoms with Crippen molar-refractivity contribution in [1.82, 2.24) is 14.9 Å². The molecule has 3 rings (SSSR count). The van der Waals surface area contributed by atoms with Gasteiger partial charge >= 0.3 is 0 Å². The summed E-state index contributed by atoms with van der Waals surface area (Å²) in [6, 6.07) is 10.3. The van der Waals surface area contributed by atoms with Crippen LogP contribution in [0.4, 0.5) is 0 Å². The van der Waals surface area contributed by atoms with Crippen LogP contribution in [0.1, 0.15) is 24.1 Å². The SMILES string of the molecule is O=C(CCc1ccccc1)N1CCOC[C@H]1CCc1cnccn1. The first-order valence-electron chi connectivity index (χ1n) is 8.49. The highest BCUT2D eigenvalue weighted by atomic mass is 16.5. The third-order valence-corrected chi connectivity index (χ3v) is 4.37. The van der Waals surface area contributed by atoms with E-state index in [1.165, 1.54) is 5.56 Å². The van der Waals surface area contributed by atoms with Gasteiger partial charge in [0.2, 0.25) is 5.91 Å². The number of carbonyl (C=O) groups is 1. The maximum absolute atomic E-state index is 12.6. The average molecular weight is 325 g/mol. The van der Waals surface area contributed by atoms with E-state index in [0.29, 0.717) is 26.2 Å². The number of amides is 1. The van der Waals surface area contributed by atoms with Crippen LogP contribution in [0.15, 0.2) is 48.9 Å². The molecule has 1 amide bonds. The van der Waals surface area contributed by atoms with Crippen LogP contribution in [-0.4, -0.2) is 46.6 Å². The van der Waals surface area contributed by atoms with Gasteiger partial charge in [-0.15, -0.1) is 0 Å². The smallest absolute Gasteiger partial charge is 0.223 e. The minimum Gasteiger partial charge on any atom is -0.377 e. The lowest BCUT2D eigenvalue weighted by Gasteiger charge is -2.35. The summed E-state index contributed by atoms with van der Waals surface area (Å²) in [6.07, 6.45) is 8.16. The summed E-state index contributed by atoms with van der Waals surface area (Å²) in [6.45, 7) is 1.91. The van der Waals surface area contributed by atoms with Crippen molar-refractivity contribution in [3.63, 3.8) is 0 Å². The highest BCUT2D eigenvalue weighted by Gasteiger charge is 2.26. The Labute approximate surface area is 142 Å². The Morgan fingerprint density at radius 1 is 1.21 bits per heavy atom. The summed E-state index contributed by atoms with van der Waals surface area (Å²) in [7, 11) is 0. The minimum absolute atomic E-state index is 0.129. The van der Waals surface area contributed by atoms with Crippen molar-refractivity contribution in [2.45, 2.75) is 31.7 Å². The summed E-state index contributed by atoms with van der Waals surface area (Å²) < 4.78 is 5.58. The van der Waals surface area contributed by atoms with E-state index in [2.05, 4.69) is 22.1 Å². The summed E-state index contributed by atoms with van der Waals surface area (Å²) in [5.41, 5.74) is 2.16. The summed E-state index contributed by atoms with van der Waals surface area (Å²) in [5.74, 6) is 0.214. The molecule has 2 heterocycles. The number of aryl methyl sites for hydroxylation is 2. The fraction of sp³-hybridized carbons (Fsp3) is 0.421. The normalized spacial score (nSPS) is 17.7. The maximum Gasteiger partial charge on any atom is 0.223 e. The van der Waals surface area contributed by atoms with Gasteiger partial charge in [0, 0.05) is 31.6 Å². The van der Waals surface area contributed by atoms with Crippen LogP contribution in [0.25, 0.3) is 0 Å². The molecule has 1 aromatic carbocycles. The van der Waals surface area contributed by atoms with E-state index in [0.717, 1.165) is 25.0 Å². The van der Waals surface area contributed by atoms with Gasteiger partial charge in [-0.1, -0.05) is 30.3 Å². The number of nitrogens with zero attached hydrogens (tertiary/aromatic N) is 3. The fourth-order valence-electron chi connectivity index (χ4n) is 3.04. The lowest BCUT2D eigenvalue weighted by molar-refractivity contribution is -0.140. The summed E-state index contributed by atoms with van der Waals surface area (Å²) in [4.78, 5) is 23.0. The number of aromatic nitrogens is 2. The fourth-order valence-corrected chi connectivity index (χ4v) is 3.04. The highest BCUT2D eigenvalue weighted by molar-refractivity contribution is 5.77. The zero-order valence-electron chi connectivity index (χ0n) is 13.8. The van der Waals surface area contributed by atoms with Crippen LogP contribution in [-0.2, 0) is 22.4 Å². The molecule has 0 saturated carbocycles. The molecule has 0 unspecified atom stereocenters. The van der Waals surface area contributed by atoms with Gasteiger partial charge in [-0.05, 0) is 24.8 Å². The number of ether oxygens (including phenoxy) is 1. The van der Waals surface area contributed by atoms with Crippen molar-refractivity contribution < 1.29 is 9.53 Å². The molecule has 0 radical (unpaired) electrons. The standard InChI is InChI=1S/C19H23N3O2/c23-19(9-6-16-4-2-1-3-5-16)22-12-13-24-15-18(22)8-7-17-14-20-10-11-21-17/h1-5,10-11,14,18H,6-9,12-13,15H2/t18-/m1/s1. The number of hydrogen-bond acceptors (Lipinski definition) is 4. The van der Waals surface area contributed by atoms with Gasteiger partial charge in [-0.3, -0.25) is 14.8 Å². The van der Waals surface area contributed by atoms with Crippen molar-refractivity contribution >= 4 is 5.91 Å². The third kappa shape index (κ3) is 4.61. The summed E-state index contributed by atoms with van der Waals surface area (Å²) >= 11 is 0. The number of rotatable bonds is 6. The van der Waals surface area contributed by atoms with Crippen molar-refractivity contribution in [3.8, 4) is 0 Å². The van der Waals surface area contributed by atoms with E-state index in [1.807, 2.05) is 23.1 Å². The zero-order valence-corrected chi connectivity index (χ0v) is 13.8. The van der Waals surface area contributed by atoms with Crippen molar-refractivity contribution in [2.75, 3.05) is 19.8 Å². The maximum atomic E-state index is 12.6. The second-order valence-corrected chi connectivity index (χ2v) is 6.04. The first-order chi connectivity index (χ1) is 11.8. The molecule has 1 atom stereocenters. The van der Waals surface area contributed by atoms with Gasteiger partial charge < -0.3 is 9.64 Å². The van der Waals surface area contributed by atoms with E-state index in [9.17, 15) is 4.79 Å². The zero-order chi connectivity index (χ0) is 16.6. The Morgan fingerprint density at radius 3 is 2.88 bits per heavy atom. The molecule has 0 bridgehead atoms. The molecule has 24 heavy (non-hydrogen) atoms. The van der Waals surface area contributed by atoms with Crippen molar-refractivity contribution in [2.24, 2.45) is 0 Å². The first kappa shape index (κ1) is 16.6. The average Bonchev–Trinajstić information content (AvgIpc) is 2.66. The van der Waals surface area contributed by atoms with E-state index < -0.39 is 0 Å². The monoisotopic (exact) mass is 325 g/mol. The predicted molar refractivity (Wildman–Crippen MR) is 91.4 cm³/mol. The van der Waals surface area contributed by atoms with E-state index in [1.54, 1.807) is 18.6 Å². The number of morpholine rings is 1. The molecule has 1 aromatic heterocycles. The molecule has 126 valence electrons. The van der Waals surface area contributed by atoms with Gasteiger partial charge in [0.05, 0.1) is 24.9 Å². The molecule has 0 spiro atoms. The van der Waals surface area contributed by atoms with E-state index in [-0.39, 0.29) is 11.9 Å². The highest BCUT2D eigenvalue weighted by Crippen LogP contribution is 2.15. The molecule has 1 saturated heterocycles. The van der Waals surface area contributed by atoms with Crippen LogP contribution in [0, 0.1) is 0 Å².